The van der Waals surface area contributed by atoms with E-state index in [1.165, 1.54) is 43.6 Å². The topological polar surface area (TPSA) is 72.6 Å². The first-order chi connectivity index (χ1) is 23.5. The van der Waals surface area contributed by atoms with Gasteiger partial charge in [0, 0.05) is 72.9 Å². The van der Waals surface area contributed by atoms with Crippen molar-refractivity contribution in [1.82, 2.24) is 28.9 Å². The van der Waals surface area contributed by atoms with Gasteiger partial charge in [0.25, 0.3) is 0 Å². The third-order valence-electron chi connectivity index (χ3n) is 9.91. The highest BCUT2D eigenvalue weighted by Gasteiger charge is 2.14. The summed E-state index contributed by atoms with van der Waals surface area (Å²) < 4.78 is 4.58. The lowest BCUT2D eigenvalue weighted by molar-refractivity contribution is 0.264. The molecule has 0 bridgehead atoms. The van der Waals surface area contributed by atoms with Crippen LogP contribution >= 0.6 is 0 Å². The minimum atomic E-state index is 0.733. The molecule has 4 aromatic heterocycles. The number of pyridine rings is 2. The third-order valence-corrected chi connectivity index (χ3v) is 9.91. The van der Waals surface area contributed by atoms with Crippen LogP contribution in [0.5, 0.6) is 0 Å². The van der Waals surface area contributed by atoms with Crippen molar-refractivity contribution in [2.75, 3.05) is 53.4 Å². The summed E-state index contributed by atoms with van der Waals surface area (Å²) in [5, 5.41) is 6.90. The predicted molar refractivity (Wildman–Crippen MR) is 200 cm³/mol. The summed E-state index contributed by atoms with van der Waals surface area (Å²) in [6.45, 7) is 5.18. The number of H-pyrrole nitrogens is 2. The van der Waals surface area contributed by atoms with Gasteiger partial charge in [-0.3, -0.25) is 9.98 Å². The first-order valence-corrected chi connectivity index (χ1v) is 16.8. The molecule has 0 saturated carbocycles. The maximum Gasteiger partial charge on any atom is 0.0924 e. The molecule has 0 spiro atoms. The molecule has 4 aromatic carbocycles. The zero-order valence-corrected chi connectivity index (χ0v) is 28.2. The van der Waals surface area contributed by atoms with Gasteiger partial charge >= 0.3 is 0 Å². The second-order valence-corrected chi connectivity index (χ2v) is 13.0. The minimum Gasteiger partial charge on any atom is -0.351 e. The van der Waals surface area contributed by atoms with E-state index < -0.39 is 0 Å². The summed E-state index contributed by atoms with van der Waals surface area (Å²) >= 11 is 0. The van der Waals surface area contributed by atoms with Crippen molar-refractivity contribution in [3.05, 3.63) is 108 Å². The average Bonchev–Trinajstić information content (AvgIpc) is 3.70. The Labute approximate surface area is 279 Å². The molecule has 0 aliphatic rings. The molecule has 0 amide bonds. The first kappa shape index (κ1) is 30.2. The number of rotatable bonds is 9. The average molecular weight is 635 g/mol. The molecule has 0 radical (unpaired) electrons. The second kappa shape index (κ2) is 12.4. The summed E-state index contributed by atoms with van der Waals surface area (Å²) in [5.41, 5.74) is 9.27. The van der Waals surface area contributed by atoms with Crippen molar-refractivity contribution >= 4 is 65.7 Å². The molecule has 4 heterocycles. The van der Waals surface area contributed by atoms with Crippen LogP contribution in [0.25, 0.3) is 65.7 Å². The quantitative estimate of drug-likeness (QED) is 0.196. The summed E-state index contributed by atoms with van der Waals surface area (Å²) in [5.74, 6) is 0. The zero-order chi connectivity index (χ0) is 32.8. The molecule has 0 aliphatic heterocycles. The van der Waals surface area contributed by atoms with E-state index in [1.54, 1.807) is 0 Å². The molecule has 0 unspecified atom stereocenters. The standard InChI is InChI=1S/C40H42N8/c1-45(23-21-41-35-29-15-7-11-19-33(29)47(3)39-27-13-5-9-17-31(27)43-37(35)39)25-26-46(2)24-22-42-36-30-16-8-12-20-34(30)48(4)40-28-14-6-10-18-32(28)44-38(36)40/h5-20,43-44H,21-26H2,1-4H3. The number of benzene rings is 4. The number of likely N-dealkylation sites (N-methyl/N-ethyl adjacent to an activating group) is 2. The lowest BCUT2D eigenvalue weighted by atomic mass is 10.1. The fourth-order valence-corrected chi connectivity index (χ4v) is 7.30. The molecule has 0 atom stereocenters. The SMILES string of the molecule is CN(CCN=c1c2ccccc2n(C)c2c1[nH]c1ccccc12)CCN(C)CCN=c1c2ccccc2n(C)c2c1[nH]c1ccccc12. The molecule has 2 N–H and O–H groups in total. The van der Waals surface area contributed by atoms with Crippen molar-refractivity contribution in [2.45, 2.75) is 0 Å². The van der Waals surface area contributed by atoms with Crippen LogP contribution in [0.4, 0.5) is 0 Å². The van der Waals surface area contributed by atoms with Gasteiger partial charge in [0.05, 0.1) is 56.9 Å². The van der Waals surface area contributed by atoms with Crippen LogP contribution in [-0.2, 0) is 14.1 Å². The molecular formula is C40H42N8. The Hall–Kier alpha value is -5.18. The Balaban J connectivity index is 0.972. The summed E-state index contributed by atoms with van der Waals surface area (Å²) in [4.78, 5) is 22.5. The van der Waals surface area contributed by atoms with Gasteiger partial charge in [0.1, 0.15) is 0 Å². The van der Waals surface area contributed by atoms with E-state index >= 15 is 0 Å². The van der Waals surface area contributed by atoms with E-state index in [-0.39, 0.29) is 0 Å². The number of aryl methyl sites for hydroxylation is 2. The van der Waals surface area contributed by atoms with Gasteiger partial charge in [0.2, 0.25) is 0 Å². The smallest absolute Gasteiger partial charge is 0.0924 e. The Morgan fingerprint density at radius 2 is 0.875 bits per heavy atom. The third kappa shape index (κ3) is 5.18. The second-order valence-electron chi connectivity index (χ2n) is 13.0. The largest absolute Gasteiger partial charge is 0.351 e. The highest BCUT2D eigenvalue weighted by molar-refractivity contribution is 6.09. The predicted octanol–water partition coefficient (Wildman–Crippen LogP) is 6.30. The molecular weight excluding hydrogens is 592 g/mol. The van der Waals surface area contributed by atoms with E-state index in [0.29, 0.717) is 0 Å². The van der Waals surface area contributed by atoms with E-state index in [2.05, 4.69) is 154 Å². The monoisotopic (exact) mass is 634 g/mol. The van der Waals surface area contributed by atoms with Crippen LogP contribution < -0.4 is 10.7 Å². The van der Waals surface area contributed by atoms with Gasteiger partial charge in [-0.15, -0.1) is 0 Å². The van der Waals surface area contributed by atoms with Crippen molar-refractivity contribution in [2.24, 2.45) is 24.1 Å². The van der Waals surface area contributed by atoms with Crippen LogP contribution in [-0.4, -0.2) is 82.3 Å². The van der Waals surface area contributed by atoms with Gasteiger partial charge < -0.3 is 28.9 Å². The molecule has 8 aromatic rings. The molecule has 8 nitrogen and oxygen atoms in total. The minimum absolute atomic E-state index is 0.733. The Bertz CT molecular complexity index is 2420. The van der Waals surface area contributed by atoms with Gasteiger partial charge in [-0.1, -0.05) is 72.8 Å². The van der Waals surface area contributed by atoms with E-state index in [9.17, 15) is 0 Å². The number of aromatic nitrogens is 4. The van der Waals surface area contributed by atoms with Crippen molar-refractivity contribution in [3.63, 3.8) is 0 Å². The Kier molecular flexibility index (Phi) is 7.82. The summed E-state index contributed by atoms with van der Waals surface area (Å²) in [6.07, 6.45) is 0. The maximum absolute atomic E-state index is 5.20. The molecule has 242 valence electrons. The molecule has 8 heteroatoms. The van der Waals surface area contributed by atoms with E-state index in [1.807, 2.05) is 0 Å². The number of aromatic amines is 2. The molecule has 8 rings (SSSR count). The van der Waals surface area contributed by atoms with Gasteiger partial charge in [0.15, 0.2) is 0 Å². The number of nitrogens with one attached hydrogen (secondary N) is 2. The highest BCUT2D eigenvalue weighted by atomic mass is 15.2. The summed E-state index contributed by atoms with van der Waals surface area (Å²) in [7, 11) is 8.68. The normalized spacial score (nSPS) is 13.3. The van der Waals surface area contributed by atoms with E-state index in [0.717, 1.165) is 72.0 Å². The first-order valence-electron chi connectivity index (χ1n) is 16.8. The van der Waals surface area contributed by atoms with E-state index in [4.69, 9.17) is 9.98 Å². The molecule has 0 aliphatic carbocycles. The zero-order valence-electron chi connectivity index (χ0n) is 28.2. The van der Waals surface area contributed by atoms with Gasteiger partial charge in [-0.05, 0) is 38.4 Å². The van der Waals surface area contributed by atoms with Gasteiger partial charge in [-0.25, -0.2) is 0 Å². The molecule has 0 fully saturated rings. The fourth-order valence-electron chi connectivity index (χ4n) is 7.30. The van der Waals surface area contributed by atoms with Crippen LogP contribution in [0, 0.1) is 0 Å². The summed E-state index contributed by atoms with van der Waals surface area (Å²) in [6, 6.07) is 34.2. The lowest BCUT2D eigenvalue weighted by Crippen LogP contribution is -2.33. The van der Waals surface area contributed by atoms with Crippen LogP contribution in [0.15, 0.2) is 107 Å². The van der Waals surface area contributed by atoms with Crippen molar-refractivity contribution in [1.29, 1.82) is 0 Å². The van der Waals surface area contributed by atoms with Crippen LogP contribution in [0.3, 0.4) is 0 Å². The Morgan fingerprint density at radius 3 is 1.31 bits per heavy atom. The number of hydrogen-bond acceptors (Lipinski definition) is 4. The molecule has 0 saturated heterocycles. The van der Waals surface area contributed by atoms with Crippen LogP contribution in [0.1, 0.15) is 0 Å². The maximum atomic E-state index is 5.20. The van der Waals surface area contributed by atoms with Crippen LogP contribution in [0.2, 0.25) is 0 Å². The van der Waals surface area contributed by atoms with Gasteiger partial charge in [-0.2, -0.15) is 0 Å². The van der Waals surface area contributed by atoms with Crippen molar-refractivity contribution < 1.29 is 0 Å². The number of fused-ring (bicyclic) bond motifs is 8. The Morgan fingerprint density at radius 1 is 0.500 bits per heavy atom. The molecule has 48 heavy (non-hydrogen) atoms. The highest BCUT2D eigenvalue weighted by Crippen LogP contribution is 2.27. The number of nitrogens with zero attached hydrogens (tertiary/aromatic N) is 6. The van der Waals surface area contributed by atoms with Crippen molar-refractivity contribution in [3.8, 4) is 0 Å². The number of para-hydroxylation sites is 4. The number of hydrogen-bond donors (Lipinski definition) is 2. The fraction of sp³-hybridized carbons (Fsp3) is 0.250. The lowest BCUT2D eigenvalue weighted by Gasteiger charge is -2.21.